The van der Waals surface area contributed by atoms with Crippen LogP contribution in [0.4, 0.5) is 4.39 Å². The van der Waals surface area contributed by atoms with E-state index >= 15 is 0 Å². The summed E-state index contributed by atoms with van der Waals surface area (Å²) in [5.74, 6) is 0.675. The maximum absolute atomic E-state index is 13.0. The predicted molar refractivity (Wildman–Crippen MR) is 72.6 cm³/mol. The molecule has 0 fully saturated rings. The van der Waals surface area contributed by atoms with Gasteiger partial charge < -0.3 is 10.3 Å². The van der Waals surface area contributed by atoms with Gasteiger partial charge in [-0.3, -0.25) is 0 Å². The Morgan fingerprint density at radius 1 is 1.50 bits per heavy atom. The third-order valence-corrected chi connectivity index (χ3v) is 3.59. The Kier molecular flexibility index (Phi) is 4.14. The van der Waals surface area contributed by atoms with Gasteiger partial charge in [0.1, 0.15) is 11.6 Å². The Labute approximate surface area is 114 Å². The average molecular weight is 312 g/mol. The van der Waals surface area contributed by atoms with Crippen LogP contribution in [0.15, 0.2) is 35.1 Å². The number of aryl methyl sites for hydroxylation is 1. The molecule has 0 amide bonds. The number of nitrogens with zero attached hydrogens (tertiary/aromatic N) is 2. The summed E-state index contributed by atoms with van der Waals surface area (Å²) in [6, 6.07) is 4.37. The summed E-state index contributed by atoms with van der Waals surface area (Å²) in [5, 5.41) is 0. The molecule has 0 saturated heterocycles. The highest BCUT2D eigenvalue weighted by Gasteiger charge is 2.14. The van der Waals surface area contributed by atoms with E-state index in [0.29, 0.717) is 10.9 Å². The van der Waals surface area contributed by atoms with Gasteiger partial charge in [0, 0.05) is 35.9 Å². The second-order valence-electron chi connectivity index (χ2n) is 4.11. The Bertz CT molecular complexity index is 539. The monoisotopic (exact) mass is 311 g/mol. The number of hydrogen-bond acceptors (Lipinski definition) is 2. The molecule has 2 N–H and O–H groups in total. The smallest absolute Gasteiger partial charge is 0.124 e. The molecule has 2 rings (SSSR count). The van der Waals surface area contributed by atoms with Gasteiger partial charge in [-0.15, -0.1) is 0 Å². The summed E-state index contributed by atoms with van der Waals surface area (Å²) in [6.45, 7) is 2.93. The van der Waals surface area contributed by atoms with E-state index in [-0.39, 0.29) is 11.9 Å². The van der Waals surface area contributed by atoms with Gasteiger partial charge >= 0.3 is 0 Å². The number of hydrogen-bond donors (Lipinski definition) is 1. The van der Waals surface area contributed by atoms with Crippen LogP contribution in [0.5, 0.6) is 0 Å². The quantitative estimate of drug-likeness (QED) is 0.943. The molecular weight excluding hydrogens is 297 g/mol. The van der Waals surface area contributed by atoms with Gasteiger partial charge in [-0.05, 0) is 24.6 Å². The van der Waals surface area contributed by atoms with Crippen molar-refractivity contribution in [3.8, 4) is 0 Å². The molecule has 18 heavy (non-hydrogen) atoms. The molecule has 0 aliphatic carbocycles. The van der Waals surface area contributed by atoms with Gasteiger partial charge in [-0.2, -0.15) is 0 Å². The van der Waals surface area contributed by atoms with Crippen molar-refractivity contribution in [2.75, 3.05) is 0 Å². The third-order valence-electron chi connectivity index (χ3n) is 2.91. The number of imidazole rings is 1. The molecule has 0 saturated carbocycles. The molecule has 2 aromatic rings. The Balaban J connectivity index is 2.19. The zero-order chi connectivity index (χ0) is 13.1. The normalized spacial score (nSPS) is 12.7. The van der Waals surface area contributed by atoms with E-state index in [1.165, 1.54) is 12.1 Å². The van der Waals surface area contributed by atoms with Crippen LogP contribution in [0.3, 0.4) is 0 Å². The average Bonchev–Trinajstić information content (AvgIpc) is 2.76. The fourth-order valence-corrected chi connectivity index (χ4v) is 2.57. The fourth-order valence-electron chi connectivity index (χ4n) is 1.93. The van der Waals surface area contributed by atoms with Gasteiger partial charge in [-0.1, -0.05) is 22.0 Å². The Morgan fingerprint density at radius 2 is 2.28 bits per heavy atom. The number of halogens is 2. The third kappa shape index (κ3) is 2.79. The largest absolute Gasteiger partial charge is 0.335 e. The zero-order valence-electron chi connectivity index (χ0n) is 10.1. The van der Waals surface area contributed by atoms with Gasteiger partial charge in [0.25, 0.3) is 0 Å². The predicted octanol–water partition coefficient (Wildman–Crippen LogP) is 3.05. The second-order valence-corrected chi connectivity index (χ2v) is 4.96. The summed E-state index contributed by atoms with van der Waals surface area (Å²) in [6.07, 6.45) is 4.33. The minimum Gasteiger partial charge on any atom is -0.335 e. The molecule has 1 heterocycles. The van der Waals surface area contributed by atoms with E-state index < -0.39 is 0 Å². The summed E-state index contributed by atoms with van der Waals surface area (Å²) in [4.78, 5) is 4.29. The highest BCUT2D eigenvalue weighted by atomic mass is 79.9. The first-order chi connectivity index (χ1) is 8.61. The molecule has 1 atom stereocenters. The Hall–Kier alpha value is -1.20. The first kappa shape index (κ1) is 13.2. The van der Waals surface area contributed by atoms with Crippen molar-refractivity contribution in [2.45, 2.75) is 25.9 Å². The van der Waals surface area contributed by atoms with E-state index in [4.69, 9.17) is 5.73 Å². The van der Waals surface area contributed by atoms with Gasteiger partial charge in [0.2, 0.25) is 0 Å². The van der Waals surface area contributed by atoms with Crippen molar-refractivity contribution >= 4 is 15.9 Å². The summed E-state index contributed by atoms with van der Waals surface area (Å²) in [7, 11) is 0. The lowest BCUT2D eigenvalue weighted by atomic mass is 10.0. The molecule has 5 heteroatoms. The summed E-state index contributed by atoms with van der Waals surface area (Å²) < 4.78 is 15.8. The number of rotatable bonds is 4. The van der Waals surface area contributed by atoms with Crippen molar-refractivity contribution in [1.82, 2.24) is 9.55 Å². The van der Waals surface area contributed by atoms with Crippen LogP contribution in [-0.4, -0.2) is 9.55 Å². The minimum absolute atomic E-state index is 0.201. The van der Waals surface area contributed by atoms with Crippen LogP contribution < -0.4 is 5.73 Å². The lowest BCUT2D eigenvalue weighted by molar-refractivity contribution is 0.612. The molecule has 1 aromatic carbocycles. The minimum atomic E-state index is -0.270. The molecule has 0 spiro atoms. The van der Waals surface area contributed by atoms with Crippen LogP contribution in [0.1, 0.15) is 24.4 Å². The number of aromatic nitrogens is 2. The molecule has 1 unspecified atom stereocenters. The van der Waals surface area contributed by atoms with Crippen LogP contribution in [0.2, 0.25) is 0 Å². The maximum Gasteiger partial charge on any atom is 0.124 e. The summed E-state index contributed by atoms with van der Waals surface area (Å²) >= 11 is 3.34. The van der Waals surface area contributed by atoms with E-state index in [1.807, 2.05) is 6.20 Å². The highest BCUT2D eigenvalue weighted by molar-refractivity contribution is 9.10. The van der Waals surface area contributed by atoms with E-state index in [2.05, 4.69) is 32.4 Å². The summed E-state index contributed by atoms with van der Waals surface area (Å²) in [5.41, 5.74) is 7.05. The van der Waals surface area contributed by atoms with Crippen LogP contribution in [0.25, 0.3) is 0 Å². The Morgan fingerprint density at radius 3 is 2.94 bits per heavy atom. The molecule has 96 valence electrons. The topological polar surface area (TPSA) is 43.8 Å². The van der Waals surface area contributed by atoms with E-state index in [9.17, 15) is 4.39 Å². The van der Waals surface area contributed by atoms with Crippen molar-refractivity contribution in [1.29, 1.82) is 0 Å². The molecule has 0 aliphatic heterocycles. The van der Waals surface area contributed by atoms with Crippen molar-refractivity contribution in [3.63, 3.8) is 0 Å². The van der Waals surface area contributed by atoms with E-state index in [0.717, 1.165) is 17.9 Å². The highest BCUT2D eigenvalue weighted by Crippen LogP contribution is 2.25. The second kappa shape index (κ2) is 5.63. The van der Waals surface area contributed by atoms with E-state index in [1.54, 1.807) is 12.3 Å². The molecular formula is C13H15BrFN3. The molecule has 1 aromatic heterocycles. The molecule has 0 radical (unpaired) electrons. The first-order valence-electron chi connectivity index (χ1n) is 5.82. The van der Waals surface area contributed by atoms with Crippen LogP contribution in [-0.2, 0) is 13.0 Å². The first-order valence-corrected chi connectivity index (χ1v) is 6.61. The van der Waals surface area contributed by atoms with Crippen molar-refractivity contribution < 1.29 is 4.39 Å². The lowest BCUT2D eigenvalue weighted by Crippen LogP contribution is -2.17. The number of benzene rings is 1. The van der Waals surface area contributed by atoms with Gasteiger partial charge in [0.15, 0.2) is 0 Å². The van der Waals surface area contributed by atoms with Gasteiger partial charge in [0.05, 0.1) is 0 Å². The molecule has 0 bridgehead atoms. The van der Waals surface area contributed by atoms with Crippen molar-refractivity contribution in [3.05, 3.63) is 52.3 Å². The lowest BCUT2D eigenvalue weighted by Gasteiger charge is -2.14. The molecule has 0 aliphatic rings. The van der Waals surface area contributed by atoms with Crippen molar-refractivity contribution in [2.24, 2.45) is 5.73 Å². The number of nitrogens with two attached hydrogens (primary N) is 1. The zero-order valence-corrected chi connectivity index (χ0v) is 11.7. The van der Waals surface area contributed by atoms with Gasteiger partial charge in [-0.25, -0.2) is 9.37 Å². The van der Waals surface area contributed by atoms with Crippen LogP contribution >= 0.6 is 15.9 Å². The maximum atomic E-state index is 13.0. The standard InChI is InChI=1S/C13H15BrFN3/c1-2-18-6-5-17-13(18)8-12(16)10-4-3-9(15)7-11(10)14/h3-7,12H,2,8,16H2,1H3. The molecule has 3 nitrogen and oxygen atoms in total. The SMILES string of the molecule is CCn1ccnc1CC(N)c1ccc(F)cc1Br. The van der Waals surface area contributed by atoms with Crippen LogP contribution in [0, 0.1) is 5.82 Å². The fraction of sp³-hybridized carbons (Fsp3) is 0.308.